The van der Waals surface area contributed by atoms with Crippen molar-refractivity contribution in [3.05, 3.63) is 82.6 Å². The lowest BCUT2D eigenvalue weighted by atomic mass is 10.2. The second-order valence-corrected chi connectivity index (χ2v) is 10.1. The van der Waals surface area contributed by atoms with E-state index in [-0.39, 0.29) is 13.2 Å². The molecule has 0 spiro atoms. The van der Waals surface area contributed by atoms with Gasteiger partial charge in [0.05, 0.1) is 32.9 Å². The number of hydrazone groups is 1. The Labute approximate surface area is 238 Å². The molecule has 1 N–H and O–H groups in total. The van der Waals surface area contributed by atoms with Gasteiger partial charge in [-0.15, -0.1) is 0 Å². The normalized spacial score (nSPS) is 10.9. The number of hydrogen-bond donors (Lipinski definition) is 1. The van der Waals surface area contributed by atoms with E-state index in [1.807, 2.05) is 6.07 Å². The molecule has 3 rings (SSSR count). The summed E-state index contributed by atoms with van der Waals surface area (Å²) in [6.45, 7) is -0.0478. The summed E-state index contributed by atoms with van der Waals surface area (Å²) in [5.41, 5.74) is 3.85. The average Bonchev–Trinajstić information content (AvgIpc) is 2.82. The van der Waals surface area contributed by atoms with Crippen molar-refractivity contribution < 1.29 is 19.0 Å². The summed E-state index contributed by atoms with van der Waals surface area (Å²) in [4.78, 5) is 12.1. The van der Waals surface area contributed by atoms with E-state index in [1.54, 1.807) is 30.3 Å². The minimum Gasteiger partial charge on any atom is -0.493 e. The Hall–Kier alpha value is -1.68. The van der Waals surface area contributed by atoms with Crippen molar-refractivity contribution in [1.82, 2.24) is 5.43 Å². The third kappa shape index (κ3) is 7.65. The number of carbonyl (C=O) groups excluding carboxylic acids is 1. The molecule has 12 heteroatoms. The van der Waals surface area contributed by atoms with Crippen LogP contribution in [0, 0.1) is 0 Å². The first kappa shape index (κ1) is 27.9. The maximum Gasteiger partial charge on any atom is 0.277 e. The van der Waals surface area contributed by atoms with E-state index in [1.165, 1.54) is 19.4 Å². The van der Waals surface area contributed by atoms with Gasteiger partial charge in [0, 0.05) is 15.1 Å². The molecule has 184 valence electrons. The molecule has 3 aromatic carbocycles. The van der Waals surface area contributed by atoms with Crippen molar-refractivity contribution in [2.45, 2.75) is 6.61 Å². The lowest BCUT2D eigenvalue weighted by Gasteiger charge is -2.15. The molecule has 0 bridgehead atoms. The lowest BCUT2D eigenvalue weighted by molar-refractivity contribution is -0.123. The van der Waals surface area contributed by atoms with Gasteiger partial charge in [0.1, 0.15) is 12.4 Å². The van der Waals surface area contributed by atoms with Crippen LogP contribution < -0.4 is 19.6 Å². The second-order valence-electron chi connectivity index (χ2n) is 6.82. The highest BCUT2D eigenvalue weighted by molar-refractivity contribution is 9.13. The van der Waals surface area contributed by atoms with Crippen LogP contribution in [0.2, 0.25) is 20.1 Å². The van der Waals surface area contributed by atoms with E-state index in [0.29, 0.717) is 51.8 Å². The number of ether oxygens (including phenoxy) is 3. The van der Waals surface area contributed by atoms with Crippen LogP contribution in [-0.4, -0.2) is 25.8 Å². The van der Waals surface area contributed by atoms with Gasteiger partial charge in [-0.2, -0.15) is 5.10 Å². The van der Waals surface area contributed by atoms with Gasteiger partial charge >= 0.3 is 0 Å². The zero-order chi connectivity index (χ0) is 25.5. The minimum atomic E-state index is -0.476. The third-order valence-corrected chi connectivity index (χ3v) is 7.80. The minimum absolute atomic E-state index is 0.236. The summed E-state index contributed by atoms with van der Waals surface area (Å²) >= 11 is 30.9. The zero-order valence-electron chi connectivity index (χ0n) is 17.9. The number of methoxy groups -OCH3 is 1. The van der Waals surface area contributed by atoms with Crippen molar-refractivity contribution in [2.75, 3.05) is 13.7 Å². The fourth-order valence-electron chi connectivity index (χ4n) is 2.71. The van der Waals surface area contributed by atoms with Crippen LogP contribution in [-0.2, 0) is 11.4 Å². The molecule has 3 aromatic rings. The average molecular weight is 686 g/mol. The summed E-state index contributed by atoms with van der Waals surface area (Å²) < 4.78 is 18.1. The first-order valence-electron chi connectivity index (χ1n) is 9.72. The molecule has 0 aliphatic heterocycles. The topological polar surface area (TPSA) is 69.2 Å². The Bertz CT molecular complexity index is 1270. The summed E-state index contributed by atoms with van der Waals surface area (Å²) in [6, 6.07) is 11.7. The Morgan fingerprint density at radius 2 is 1.71 bits per heavy atom. The van der Waals surface area contributed by atoms with Crippen molar-refractivity contribution in [3.63, 3.8) is 0 Å². The Kier molecular flexibility index (Phi) is 10.4. The summed E-state index contributed by atoms with van der Waals surface area (Å²) in [5.74, 6) is 0.785. The monoisotopic (exact) mass is 682 g/mol. The number of hydrogen-bond acceptors (Lipinski definition) is 5. The van der Waals surface area contributed by atoms with Crippen LogP contribution in [0.3, 0.4) is 0 Å². The van der Waals surface area contributed by atoms with Crippen molar-refractivity contribution in [3.8, 4) is 17.2 Å². The Balaban J connectivity index is 1.65. The van der Waals surface area contributed by atoms with E-state index in [2.05, 4.69) is 42.4 Å². The molecule has 0 fully saturated rings. The van der Waals surface area contributed by atoms with Crippen LogP contribution in [0.5, 0.6) is 17.2 Å². The number of amides is 1. The number of carbonyl (C=O) groups is 1. The van der Waals surface area contributed by atoms with Gasteiger partial charge in [-0.1, -0.05) is 52.5 Å². The predicted molar refractivity (Wildman–Crippen MR) is 147 cm³/mol. The third-order valence-electron chi connectivity index (χ3n) is 4.39. The highest BCUT2D eigenvalue weighted by atomic mass is 79.9. The van der Waals surface area contributed by atoms with E-state index < -0.39 is 5.91 Å². The van der Waals surface area contributed by atoms with E-state index in [4.69, 9.17) is 60.6 Å². The van der Waals surface area contributed by atoms with Gasteiger partial charge in [-0.25, -0.2) is 5.43 Å². The molecule has 0 aliphatic rings. The lowest BCUT2D eigenvalue weighted by Crippen LogP contribution is -2.24. The van der Waals surface area contributed by atoms with Gasteiger partial charge in [0.25, 0.3) is 5.91 Å². The SMILES string of the molecule is COc1cc(/C=N/NC(=O)COc2ccc(Cl)cc2Cl)c(Br)c(Br)c1OCc1ccc(Cl)c(Cl)c1. The number of nitrogens with zero attached hydrogens (tertiary/aromatic N) is 1. The van der Waals surface area contributed by atoms with Gasteiger partial charge in [0.2, 0.25) is 0 Å². The molecular formula is C23H16Br2Cl4N2O4. The smallest absolute Gasteiger partial charge is 0.277 e. The molecule has 0 aromatic heterocycles. The maximum absolute atomic E-state index is 12.1. The highest BCUT2D eigenvalue weighted by Gasteiger charge is 2.17. The van der Waals surface area contributed by atoms with E-state index >= 15 is 0 Å². The van der Waals surface area contributed by atoms with Crippen LogP contribution in [0.15, 0.2) is 56.5 Å². The fourth-order valence-corrected chi connectivity index (χ4v) is 4.43. The van der Waals surface area contributed by atoms with Crippen molar-refractivity contribution in [1.29, 1.82) is 0 Å². The molecule has 0 heterocycles. The molecule has 0 atom stereocenters. The maximum atomic E-state index is 12.1. The summed E-state index contributed by atoms with van der Waals surface area (Å²) in [7, 11) is 1.52. The van der Waals surface area contributed by atoms with Gasteiger partial charge in [-0.3, -0.25) is 4.79 Å². The van der Waals surface area contributed by atoms with Crippen LogP contribution >= 0.6 is 78.3 Å². The first-order chi connectivity index (χ1) is 16.7. The van der Waals surface area contributed by atoms with Gasteiger partial charge in [0.15, 0.2) is 18.1 Å². The molecular weight excluding hydrogens is 670 g/mol. The van der Waals surface area contributed by atoms with Gasteiger partial charge < -0.3 is 14.2 Å². The van der Waals surface area contributed by atoms with Crippen LogP contribution in [0.25, 0.3) is 0 Å². The summed E-state index contributed by atoms with van der Waals surface area (Å²) in [6.07, 6.45) is 1.45. The molecule has 0 radical (unpaired) electrons. The van der Waals surface area contributed by atoms with Crippen LogP contribution in [0.4, 0.5) is 0 Å². The molecule has 0 saturated heterocycles. The molecule has 6 nitrogen and oxygen atoms in total. The van der Waals surface area contributed by atoms with E-state index in [0.717, 1.165) is 5.56 Å². The van der Waals surface area contributed by atoms with Crippen molar-refractivity contribution in [2.24, 2.45) is 5.10 Å². The number of benzene rings is 3. The number of rotatable bonds is 9. The number of halogens is 6. The van der Waals surface area contributed by atoms with Crippen LogP contribution in [0.1, 0.15) is 11.1 Å². The molecule has 35 heavy (non-hydrogen) atoms. The predicted octanol–water partition coefficient (Wildman–Crippen LogP) is 7.94. The standard InChI is InChI=1S/C23H16Br2Cl4N2O4/c1-33-19-7-13(9-30-31-20(32)11-34-18-5-3-14(26)8-17(18)29)21(24)22(25)23(19)35-10-12-2-4-15(27)16(28)6-12/h2-9H,10-11H2,1H3,(H,31,32)/b30-9+. The highest BCUT2D eigenvalue weighted by Crippen LogP contribution is 2.42. The molecule has 0 aliphatic carbocycles. The van der Waals surface area contributed by atoms with Gasteiger partial charge in [-0.05, 0) is 73.8 Å². The fraction of sp³-hybridized carbons (Fsp3) is 0.130. The molecule has 0 saturated carbocycles. The Morgan fingerprint density at radius 3 is 2.40 bits per heavy atom. The van der Waals surface area contributed by atoms with Crippen molar-refractivity contribution >= 4 is 90.4 Å². The Morgan fingerprint density at radius 1 is 0.943 bits per heavy atom. The number of nitrogens with one attached hydrogen (secondary N) is 1. The molecule has 0 unspecified atom stereocenters. The first-order valence-corrected chi connectivity index (χ1v) is 12.8. The largest absolute Gasteiger partial charge is 0.493 e. The molecule has 1 amide bonds. The van der Waals surface area contributed by atoms with E-state index in [9.17, 15) is 4.79 Å². The zero-order valence-corrected chi connectivity index (χ0v) is 24.1. The quantitative estimate of drug-likeness (QED) is 0.184. The second kappa shape index (κ2) is 13.0. The summed E-state index contributed by atoms with van der Waals surface area (Å²) in [5, 5.41) is 5.65.